The van der Waals surface area contributed by atoms with Gasteiger partial charge in [-0.1, -0.05) is 6.92 Å². The maximum atomic E-state index is 11.8. The molecule has 1 heterocycles. The minimum absolute atomic E-state index is 0.207. The second-order valence-corrected chi connectivity index (χ2v) is 3.01. The minimum Gasteiger partial charge on any atom is -0.378 e. The van der Waals surface area contributed by atoms with Gasteiger partial charge in [-0.2, -0.15) is 0 Å². The zero-order valence-corrected chi connectivity index (χ0v) is 6.48. The van der Waals surface area contributed by atoms with Crippen molar-refractivity contribution in [3.05, 3.63) is 0 Å². The molecular formula is C8H15FO. The van der Waals surface area contributed by atoms with Gasteiger partial charge in [0.25, 0.3) is 0 Å². The van der Waals surface area contributed by atoms with Crippen molar-refractivity contribution < 1.29 is 9.13 Å². The van der Waals surface area contributed by atoms with Gasteiger partial charge in [0.2, 0.25) is 0 Å². The van der Waals surface area contributed by atoms with Crippen molar-refractivity contribution in [1.29, 1.82) is 0 Å². The Morgan fingerprint density at radius 3 is 3.00 bits per heavy atom. The molecule has 0 saturated carbocycles. The summed E-state index contributed by atoms with van der Waals surface area (Å²) in [6.07, 6.45) is 3.28. The topological polar surface area (TPSA) is 9.23 Å². The average molecular weight is 146 g/mol. The number of hydrogen-bond donors (Lipinski definition) is 0. The maximum Gasteiger partial charge on any atom is 0.0898 e. The Morgan fingerprint density at radius 1 is 1.70 bits per heavy atom. The highest BCUT2D eigenvalue weighted by atomic mass is 19.1. The summed E-state index contributed by atoms with van der Waals surface area (Å²) in [5, 5.41) is 0. The molecule has 1 aliphatic rings. The summed E-state index contributed by atoms with van der Waals surface area (Å²) in [7, 11) is 0. The fourth-order valence-electron chi connectivity index (χ4n) is 1.41. The predicted molar refractivity (Wildman–Crippen MR) is 38.7 cm³/mol. The Morgan fingerprint density at radius 2 is 2.50 bits per heavy atom. The lowest BCUT2D eigenvalue weighted by molar-refractivity contribution is 0.0637. The van der Waals surface area contributed by atoms with Crippen LogP contribution in [0.15, 0.2) is 0 Å². The van der Waals surface area contributed by atoms with E-state index in [1.54, 1.807) is 0 Å². The molecule has 0 radical (unpaired) electrons. The van der Waals surface area contributed by atoms with Gasteiger partial charge >= 0.3 is 0 Å². The van der Waals surface area contributed by atoms with Crippen LogP contribution in [0.1, 0.15) is 26.2 Å². The van der Waals surface area contributed by atoms with Gasteiger partial charge in [0.05, 0.1) is 12.8 Å². The molecule has 1 aliphatic heterocycles. The third-order valence-corrected chi connectivity index (χ3v) is 2.16. The van der Waals surface area contributed by atoms with Crippen LogP contribution < -0.4 is 0 Å². The molecular weight excluding hydrogens is 131 g/mol. The molecule has 0 amide bonds. The van der Waals surface area contributed by atoms with Gasteiger partial charge in [0.15, 0.2) is 0 Å². The molecule has 0 aromatic heterocycles. The van der Waals surface area contributed by atoms with Gasteiger partial charge in [-0.25, -0.2) is 0 Å². The lowest BCUT2D eigenvalue weighted by Crippen LogP contribution is -2.16. The van der Waals surface area contributed by atoms with E-state index < -0.39 is 0 Å². The Kier molecular flexibility index (Phi) is 3.13. The predicted octanol–water partition coefficient (Wildman–Crippen LogP) is 2.16. The smallest absolute Gasteiger partial charge is 0.0898 e. The second kappa shape index (κ2) is 3.91. The molecule has 0 aliphatic carbocycles. The van der Waals surface area contributed by atoms with E-state index >= 15 is 0 Å². The van der Waals surface area contributed by atoms with E-state index in [-0.39, 0.29) is 6.67 Å². The Hall–Kier alpha value is -0.110. The first kappa shape index (κ1) is 7.99. The van der Waals surface area contributed by atoms with Crippen LogP contribution in [0.3, 0.4) is 0 Å². The van der Waals surface area contributed by atoms with Gasteiger partial charge in [-0.05, 0) is 25.2 Å². The summed E-state index contributed by atoms with van der Waals surface area (Å²) in [6, 6.07) is 0. The van der Waals surface area contributed by atoms with Gasteiger partial charge in [0, 0.05) is 6.61 Å². The van der Waals surface area contributed by atoms with E-state index in [1.165, 1.54) is 0 Å². The van der Waals surface area contributed by atoms with E-state index in [4.69, 9.17) is 4.74 Å². The molecule has 1 rings (SSSR count). The molecule has 2 unspecified atom stereocenters. The average Bonchev–Trinajstić information content (AvgIpc) is 2.38. The Labute approximate surface area is 61.6 Å². The standard InChI is InChI=1S/C8H15FO/c1-7(4-5-9)8-3-2-6-10-8/h7-8H,2-6H2,1H3. The molecule has 0 spiro atoms. The lowest BCUT2D eigenvalue weighted by atomic mass is 9.99. The largest absolute Gasteiger partial charge is 0.378 e. The van der Waals surface area contributed by atoms with Crippen molar-refractivity contribution in [2.45, 2.75) is 32.3 Å². The van der Waals surface area contributed by atoms with E-state index in [0.29, 0.717) is 18.4 Å². The first-order valence-electron chi connectivity index (χ1n) is 4.02. The van der Waals surface area contributed by atoms with E-state index in [0.717, 1.165) is 19.4 Å². The maximum absolute atomic E-state index is 11.8. The molecule has 0 aromatic rings. The van der Waals surface area contributed by atoms with Gasteiger partial charge in [-0.15, -0.1) is 0 Å². The molecule has 0 N–H and O–H groups in total. The second-order valence-electron chi connectivity index (χ2n) is 3.01. The molecule has 1 fully saturated rings. The van der Waals surface area contributed by atoms with Gasteiger partial charge < -0.3 is 4.74 Å². The molecule has 10 heavy (non-hydrogen) atoms. The zero-order chi connectivity index (χ0) is 7.40. The summed E-state index contributed by atoms with van der Waals surface area (Å²) in [5.41, 5.74) is 0. The summed E-state index contributed by atoms with van der Waals surface area (Å²) in [4.78, 5) is 0. The van der Waals surface area contributed by atoms with Crippen LogP contribution in [0.5, 0.6) is 0 Å². The highest BCUT2D eigenvalue weighted by Crippen LogP contribution is 2.22. The SMILES string of the molecule is CC(CCF)C1CCCO1. The van der Waals surface area contributed by atoms with Crippen molar-refractivity contribution in [2.24, 2.45) is 5.92 Å². The third kappa shape index (κ3) is 1.94. The first-order chi connectivity index (χ1) is 4.84. The van der Waals surface area contributed by atoms with E-state index in [9.17, 15) is 4.39 Å². The van der Waals surface area contributed by atoms with Crippen molar-refractivity contribution >= 4 is 0 Å². The number of halogens is 1. The third-order valence-electron chi connectivity index (χ3n) is 2.16. The van der Waals surface area contributed by atoms with Crippen LogP contribution in [0, 0.1) is 5.92 Å². The fourth-order valence-corrected chi connectivity index (χ4v) is 1.41. The molecule has 1 saturated heterocycles. The number of alkyl halides is 1. The molecule has 2 atom stereocenters. The van der Waals surface area contributed by atoms with Crippen LogP contribution in [-0.2, 0) is 4.74 Å². The highest BCUT2D eigenvalue weighted by molar-refractivity contribution is 4.70. The first-order valence-corrected chi connectivity index (χ1v) is 4.02. The van der Waals surface area contributed by atoms with Crippen LogP contribution in [0.2, 0.25) is 0 Å². The van der Waals surface area contributed by atoms with Gasteiger partial charge in [-0.3, -0.25) is 4.39 Å². The van der Waals surface area contributed by atoms with E-state index in [2.05, 4.69) is 6.92 Å². The molecule has 0 aromatic carbocycles. The number of hydrogen-bond acceptors (Lipinski definition) is 1. The van der Waals surface area contributed by atoms with E-state index in [1.807, 2.05) is 0 Å². The van der Waals surface area contributed by atoms with Crippen LogP contribution in [0.25, 0.3) is 0 Å². The Bertz CT molecular complexity index is 89.3. The normalized spacial score (nSPS) is 28.8. The van der Waals surface area contributed by atoms with Crippen LogP contribution in [-0.4, -0.2) is 19.4 Å². The van der Waals surface area contributed by atoms with Crippen LogP contribution in [0.4, 0.5) is 4.39 Å². The molecule has 2 heteroatoms. The zero-order valence-electron chi connectivity index (χ0n) is 6.48. The lowest BCUT2D eigenvalue weighted by Gasteiger charge is -2.16. The molecule has 1 nitrogen and oxygen atoms in total. The van der Waals surface area contributed by atoms with Crippen LogP contribution >= 0.6 is 0 Å². The number of ether oxygens (including phenoxy) is 1. The Balaban J connectivity index is 2.18. The monoisotopic (exact) mass is 146 g/mol. The highest BCUT2D eigenvalue weighted by Gasteiger charge is 2.21. The minimum atomic E-state index is -0.207. The van der Waals surface area contributed by atoms with Gasteiger partial charge in [0.1, 0.15) is 0 Å². The number of rotatable bonds is 3. The summed E-state index contributed by atoms with van der Waals surface area (Å²) in [6.45, 7) is 2.73. The van der Waals surface area contributed by atoms with Crippen molar-refractivity contribution in [3.8, 4) is 0 Å². The van der Waals surface area contributed by atoms with Crippen molar-refractivity contribution in [2.75, 3.05) is 13.3 Å². The fraction of sp³-hybridized carbons (Fsp3) is 1.00. The van der Waals surface area contributed by atoms with Crippen molar-refractivity contribution in [1.82, 2.24) is 0 Å². The summed E-state index contributed by atoms with van der Waals surface area (Å²) < 4.78 is 17.2. The quantitative estimate of drug-likeness (QED) is 0.593. The summed E-state index contributed by atoms with van der Waals surface area (Å²) in [5.74, 6) is 0.410. The molecule has 0 bridgehead atoms. The molecule has 60 valence electrons. The van der Waals surface area contributed by atoms with Crippen molar-refractivity contribution in [3.63, 3.8) is 0 Å². The summed E-state index contributed by atoms with van der Waals surface area (Å²) >= 11 is 0.